The molecule has 3 amide bonds. The van der Waals surface area contributed by atoms with E-state index in [1.54, 1.807) is 0 Å². The molecular weight excluding hydrogens is 312 g/mol. The first-order valence-electron chi connectivity index (χ1n) is 7.25. The SMILES string of the molecule is C[C@@]1(NC(=O)CNC(N)=O)CCOC2(CCNCC2)[C@H]1O.Cl. The summed E-state index contributed by atoms with van der Waals surface area (Å²) in [4.78, 5) is 22.5. The summed E-state index contributed by atoms with van der Waals surface area (Å²) in [6.45, 7) is 3.66. The molecule has 2 saturated heterocycles. The predicted octanol–water partition coefficient (Wildman–Crippen LogP) is -1.15. The van der Waals surface area contributed by atoms with E-state index in [9.17, 15) is 14.7 Å². The molecule has 0 aromatic carbocycles. The fourth-order valence-electron chi connectivity index (χ4n) is 3.19. The van der Waals surface area contributed by atoms with E-state index in [0.717, 1.165) is 13.1 Å². The minimum atomic E-state index is -0.793. The maximum atomic E-state index is 11.9. The normalized spacial score (nSPS) is 30.2. The number of piperidine rings is 1. The minimum absolute atomic E-state index is 0. The van der Waals surface area contributed by atoms with Gasteiger partial charge in [-0.15, -0.1) is 12.4 Å². The Balaban J connectivity index is 0.00000242. The highest BCUT2D eigenvalue weighted by Gasteiger charge is 2.52. The van der Waals surface area contributed by atoms with E-state index >= 15 is 0 Å². The Labute approximate surface area is 135 Å². The van der Waals surface area contributed by atoms with Crippen LogP contribution in [-0.2, 0) is 9.53 Å². The molecule has 0 bridgehead atoms. The van der Waals surface area contributed by atoms with Crippen molar-refractivity contribution in [1.29, 1.82) is 0 Å². The molecule has 0 unspecified atom stereocenters. The Hall–Kier alpha value is -1.09. The second-order valence-electron chi connectivity index (χ2n) is 6.00. The lowest BCUT2D eigenvalue weighted by atomic mass is 9.73. The number of rotatable bonds is 3. The van der Waals surface area contributed by atoms with Crippen molar-refractivity contribution in [2.24, 2.45) is 5.73 Å². The van der Waals surface area contributed by atoms with Crippen molar-refractivity contribution in [2.75, 3.05) is 26.2 Å². The van der Waals surface area contributed by atoms with Crippen molar-refractivity contribution in [3.8, 4) is 0 Å². The average Bonchev–Trinajstić information content (AvgIpc) is 2.44. The molecule has 2 aliphatic rings. The lowest BCUT2D eigenvalue weighted by molar-refractivity contribution is -0.200. The smallest absolute Gasteiger partial charge is 0.312 e. The number of hydrogen-bond donors (Lipinski definition) is 5. The lowest BCUT2D eigenvalue weighted by Crippen LogP contribution is -2.69. The van der Waals surface area contributed by atoms with Crippen molar-refractivity contribution in [2.45, 2.75) is 43.4 Å². The van der Waals surface area contributed by atoms with E-state index in [1.165, 1.54) is 0 Å². The zero-order chi connectivity index (χ0) is 15.5. The number of ether oxygens (including phenoxy) is 1. The Morgan fingerprint density at radius 3 is 2.59 bits per heavy atom. The van der Waals surface area contributed by atoms with Crippen molar-refractivity contribution >= 4 is 24.3 Å². The van der Waals surface area contributed by atoms with Gasteiger partial charge in [-0.05, 0) is 39.3 Å². The average molecular weight is 337 g/mol. The van der Waals surface area contributed by atoms with Gasteiger partial charge in [0.25, 0.3) is 0 Å². The lowest BCUT2D eigenvalue weighted by Gasteiger charge is -2.52. The molecule has 0 aromatic rings. The van der Waals surface area contributed by atoms with Crippen molar-refractivity contribution in [3.05, 3.63) is 0 Å². The monoisotopic (exact) mass is 336 g/mol. The topological polar surface area (TPSA) is 126 Å². The predicted molar refractivity (Wildman–Crippen MR) is 82.8 cm³/mol. The molecule has 6 N–H and O–H groups in total. The number of primary amides is 1. The van der Waals surface area contributed by atoms with E-state index < -0.39 is 23.3 Å². The summed E-state index contributed by atoms with van der Waals surface area (Å²) in [6.07, 6.45) is 1.14. The highest BCUT2D eigenvalue weighted by Crippen LogP contribution is 2.38. The highest BCUT2D eigenvalue weighted by molar-refractivity contribution is 5.85. The molecule has 2 fully saturated rings. The number of halogens is 1. The third-order valence-electron chi connectivity index (χ3n) is 4.41. The first kappa shape index (κ1) is 19.0. The number of carbonyl (C=O) groups is 2. The largest absolute Gasteiger partial charge is 0.388 e. The summed E-state index contributed by atoms with van der Waals surface area (Å²) in [6, 6.07) is -0.752. The van der Waals surface area contributed by atoms with Gasteiger partial charge in [-0.25, -0.2) is 4.79 Å². The van der Waals surface area contributed by atoms with Gasteiger partial charge in [-0.3, -0.25) is 4.79 Å². The van der Waals surface area contributed by atoms with E-state index in [4.69, 9.17) is 10.5 Å². The van der Waals surface area contributed by atoms with Crippen molar-refractivity contribution in [3.63, 3.8) is 0 Å². The first-order valence-corrected chi connectivity index (χ1v) is 7.25. The van der Waals surface area contributed by atoms with Gasteiger partial charge in [-0.1, -0.05) is 0 Å². The zero-order valence-electron chi connectivity index (χ0n) is 12.7. The van der Waals surface area contributed by atoms with Gasteiger partial charge in [0.2, 0.25) is 5.91 Å². The van der Waals surface area contributed by atoms with Crippen LogP contribution in [0, 0.1) is 0 Å². The fourth-order valence-corrected chi connectivity index (χ4v) is 3.19. The number of carbonyl (C=O) groups excluding carboxylic acids is 2. The van der Waals surface area contributed by atoms with Gasteiger partial charge in [0, 0.05) is 6.61 Å². The number of hydrogen-bond acceptors (Lipinski definition) is 5. The molecule has 0 aromatic heterocycles. The molecule has 2 heterocycles. The molecule has 2 rings (SSSR count). The Bertz CT molecular complexity index is 411. The van der Waals surface area contributed by atoms with E-state index in [1.807, 2.05) is 6.92 Å². The molecule has 0 saturated carbocycles. The molecular formula is C13H25ClN4O4. The van der Waals surface area contributed by atoms with E-state index in [0.29, 0.717) is 25.9 Å². The minimum Gasteiger partial charge on any atom is -0.388 e. The number of nitrogens with two attached hydrogens (primary N) is 1. The quantitative estimate of drug-likeness (QED) is 0.445. The van der Waals surface area contributed by atoms with Gasteiger partial charge >= 0.3 is 6.03 Å². The first-order chi connectivity index (χ1) is 9.88. The van der Waals surface area contributed by atoms with Crippen LogP contribution in [0.1, 0.15) is 26.2 Å². The van der Waals surface area contributed by atoms with Gasteiger partial charge in [0.15, 0.2) is 0 Å². The molecule has 0 radical (unpaired) electrons. The summed E-state index contributed by atoms with van der Waals surface area (Å²) < 4.78 is 5.86. The highest BCUT2D eigenvalue weighted by atomic mass is 35.5. The van der Waals surface area contributed by atoms with Crippen LogP contribution in [-0.4, -0.2) is 60.5 Å². The molecule has 2 aliphatic heterocycles. The molecule has 1 spiro atoms. The molecule has 8 nitrogen and oxygen atoms in total. The number of nitrogens with one attached hydrogen (secondary N) is 3. The molecule has 22 heavy (non-hydrogen) atoms. The van der Waals surface area contributed by atoms with Gasteiger partial charge in [0.05, 0.1) is 17.7 Å². The fraction of sp³-hybridized carbons (Fsp3) is 0.846. The number of amides is 3. The van der Waals surface area contributed by atoms with Crippen LogP contribution in [0.5, 0.6) is 0 Å². The third kappa shape index (κ3) is 4.01. The Morgan fingerprint density at radius 1 is 1.36 bits per heavy atom. The standard InChI is InChI=1S/C13H24N4O4.ClH/c1-12(17-9(18)8-16-11(14)20)4-7-21-13(10(12)19)2-5-15-6-3-13;/h10,15,19H,2-8H2,1H3,(H,17,18)(H3,14,16,20);1H/t10-,12+;/m0./s1. The molecule has 128 valence electrons. The van der Waals surface area contributed by atoms with Crippen LogP contribution in [0.3, 0.4) is 0 Å². The van der Waals surface area contributed by atoms with Crippen molar-refractivity contribution in [1.82, 2.24) is 16.0 Å². The van der Waals surface area contributed by atoms with Gasteiger partial charge < -0.3 is 31.5 Å². The second kappa shape index (κ2) is 7.45. The maximum absolute atomic E-state index is 11.9. The zero-order valence-corrected chi connectivity index (χ0v) is 13.5. The van der Waals surface area contributed by atoms with E-state index in [-0.39, 0.29) is 24.9 Å². The Kier molecular flexibility index (Phi) is 6.42. The third-order valence-corrected chi connectivity index (χ3v) is 4.41. The summed E-state index contributed by atoms with van der Waals surface area (Å²) >= 11 is 0. The summed E-state index contributed by atoms with van der Waals surface area (Å²) in [5.74, 6) is -0.374. The van der Waals surface area contributed by atoms with Crippen LogP contribution in [0.25, 0.3) is 0 Å². The van der Waals surface area contributed by atoms with E-state index in [2.05, 4.69) is 16.0 Å². The van der Waals surface area contributed by atoms with Crippen LogP contribution in [0.15, 0.2) is 0 Å². The van der Waals surface area contributed by atoms with Crippen LogP contribution < -0.4 is 21.7 Å². The van der Waals surface area contributed by atoms with Gasteiger partial charge in [0.1, 0.15) is 6.10 Å². The van der Waals surface area contributed by atoms with Crippen LogP contribution >= 0.6 is 12.4 Å². The molecule has 9 heteroatoms. The Morgan fingerprint density at radius 2 is 2.00 bits per heavy atom. The number of urea groups is 1. The summed E-state index contributed by atoms with van der Waals surface area (Å²) in [7, 11) is 0. The molecule has 0 aliphatic carbocycles. The maximum Gasteiger partial charge on any atom is 0.312 e. The second-order valence-corrected chi connectivity index (χ2v) is 6.00. The summed E-state index contributed by atoms with van der Waals surface area (Å²) in [5.41, 5.74) is 3.56. The van der Waals surface area contributed by atoms with Crippen molar-refractivity contribution < 1.29 is 19.4 Å². The van der Waals surface area contributed by atoms with Gasteiger partial charge in [-0.2, -0.15) is 0 Å². The summed E-state index contributed by atoms with van der Waals surface area (Å²) in [5, 5.41) is 19.0. The molecule has 2 atom stereocenters. The number of aliphatic hydroxyl groups excluding tert-OH is 1. The van der Waals surface area contributed by atoms with Crippen LogP contribution in [0.4, 0.5) is 4.79 Å². The number of aliphatic hydroxyl groups is 1. The van der Waals surface area contributed by atoms with Crippen LogP contribution in [0.2, 0.25) is 0 Å².